The minimum atomic E-state index is -2.57. The fraction of sp³-hybridized carbons (Fsp3) is 0.833. The molecule has 0 bridgehead atoms. The molecule has 0 amide bonds. The summed E-state index contributed by atoms with van der Waals surface area (Å²) in [5.74, 6) is -4.80. The smallest absolute Gasteiger partial charge is 0.345 e. The number of aliphatic hydroxyl groups is 5. The lowest BCUT2D eigenvalue weighted by atomic mass is 9.74. The highest BCUT2D eigenvalue weighted by Gasteiger charge is 2.77. The van der Waals surface area contributed by atoms with Crippen molar-refractivity contribution < 1.29 is 44.5 Å². The van der Waals surface area contributed by atoms with Gasteiger partial charge in [0.05, 0.1) is 18.8 Å². The van der Waals surface area contributed by atoms with E-state index in [1.807, 2.05) is 6.08 Å². The molecule has 5 N–H and O–H groups in total. The number of carbonyl (C=O) groups excluding carboxylic acids is 1. The Labute approximate surface area is 157 Å². The number of esters is 1. The van der Waals surface area contributed by atoms with Crippen LogP contribution in [0.4, 0.5) is 0 Å². The third-order valence-corrected chi connectivity index (χ3v) is 5.79. The highest BCUT2D eigenvalue weighted by Crippen LogP contribution is 2.51. The number of ether oxygens (including phenoxy) is 3. The first kappa shape index (κ1) is 20.7. The molecular weight excluding hydrogens is 360 g/mol. The predicted octanol–water partition coefficient (Wildman–Crippen LogP) is -1.06. The minimum Gasteiger partial charge on any atom is -0.451 e. The van der Waals surface area contributed by atoms with Crippen LogP contribution >= 0.6 is 0 Å². The second-order valence-corrected chi connectivity index (χ2v) is 7.56. The maximum Gasteiger partial charge on any atom is 0.345 e. The Kier molecular flexibility index (Phi) is 5.93. The van der Waals surface area contributed by atoms with Gasteiger partial charge >= 0.3 is 5.97 Å². The van der Waals surface area contributed by atoms with Crippen molar-refractivity contribution in [3.05, 3.63) is 12.7 Å². The number of fused-ring (bicyclic) bond motifs is 1. The Morgan fingerprint density at radius 1 is 1.26 bits per heavy atom. The Bertz CT molecular complexity index is 569. The first-order valence-corrected chi connectivity index (χ1v) is 9.36. The Morgan fingerprint density at radius 2 is 2.00 bits per heavy atom. The van der Waals surface area contributed by atoms with Gasteiger partial charge in [-0.3, -0.25) is 0 Å². The van der Waals surface area contributed by atoms with Gasteiger partial charge in [0, 0.05) is 12.3 Å². The monoisotopic (exact) mass is 388 g/mol. The summed E-state index contributed by atoms with van der Waals surface area (Å²) in [6.45, 7) is 3.33. The Morgan fingerprint density at radius 3 is 2.70 bits per heavy atom. The average Bonchev–Trinajstić information content (AvgIpc) is 3.22. The molecule has 0 spiro atoms. The first-order chi connectivity index (χ1) is 12.8. The fourth-order valence-electron chi connectivity index (χ4n) is 4.33. The molecule has 9 nitrogen and oxygen atoms in total. The first-order valence-electron chi connectivity index (χ1n) is 9.36. The van der Waals surface area contributed by atoms with E-state index >= 15 is 0 Å². The molecule has 27 heavy (non-hydrogen) atoms. The van der Waals surface area contributed by atoms with Crippen LogP contribution in [0.2, 0.25) is 0 Å². The summed E-state index contributed by atoms with van der Waals surface area (Å²) in [6, 6.07) is 0. The molecule has 0 aromatic rings. The number of rotatable bonds is 8. The summed E-state index contributed by atoms with van der Waals surface area (Å²) in [5.41, 5.74) is -2.57. The van der Waals surface area contributed by atoms with Crippen molar-refractivity contribution in [1.82, 2.24) is 0 Å². The lowest BCUT2D eigenvalue weighted by molar-refractivity contribution is -0.282. The molecule has 0 aromatic heterocycles. The van der Waals surface area contributed by atoms with Crippen molar-refractivity contribution in [2.45, 2.75) is 80.6 Å². The third-order valence-electron chi connectivity index (χ3n) is 5.79. The van der Waals surface area contributed by atoms with Crippen molar-refractivity contribution in [2.24, 2.45) is 5.92 Å². The SMILES string of the molecule is C=CCCCCCC(O)C1OC(O)CC1C1(O)C(=O)OC2C(O)COC21O. The molecular formula is C18H28O9. The molecule has 0 radical (unpaired) electrons. The summed E-state index contributed by atoms with van der Waals surface area (Å²) in [6.07, 6.45) is -0.910. The lowest BCUT2D eigenvalue weighted by Gasteiger charge is -2.38. The van der Waals surface area contributed by atoms with Gasteiger partial charge in [0.1, 0.15) is 6.10 Å². The van der Waals surface area contributed by atoms with Crippen LogP contribution in [0.1, 0.15) is 38.5 Å². The Hall–Kier alpha value is -1.07. The van der Waals surface area contributed by atoms with E-state index in [0.29, 0.717) is 12.8 Å². The molecule has 3 rings (SSSR count). The van der Waals surface area contributed by atoms with E-state index in [1.54, 1.807) is 0 Å². The summed E-state index contributed by atoms with van der Waals surface area (Å²) < 4.78 is 15.5. The predicted molar refractivity (Wildman–Crippen MR) is 90.0 cm³/mol. The number of carbonyl (C=O) groups is 1. The summed E-state index contributed by atoms with van der Waals surface area (Å²) >= 11 is 0. The lowest BCUT2D eigenvalue weighted by Crippen LogP contribution is -2.64. The normalized spacial score (nSPS) is 44.9. The molecule has 154 valence electrons. The Balaban J connectivity index is 1.75. The van der Waals surface area contributed by atoms with Gasteiger partial charge in [-0.05, 0) is 19.3 Å². The molecule has 3 aliphatic heterocycles. The van der Waals surface area contributed by atoms with Crippen molar-refractivity contribution in [3.63, 3.8) is 0 Å². The topological polar surface area (TPSA) is 146 Å². The zero-order valence-electron chi connectivity index (χ0n) is 15.1. The average molecular weight is 388 g/mol. The van der Waals surface area contributed by atoms with Gasteiger partial charge < -0.3 is 39.7 Å². The number of hydrogen-bond acceptors (Lipinski definition) is 9. The van der Waals surface area contributed by atoms with Crippen LogP contribution < -0.4 is 0 Å². The number of unbranched alkanes of at least 4 members (excludes halogenated alkanes) is 3. The van der Waals surface area contributed by atoms with Crippen molar-refractivity contribution in [2.75, 3.05) is 6.61 Å². The molecule has 8 atom stereocenters. The standard InChI is InChI=1S/C18H28O9/c1-2-3-4-5-6-7-11(19)14-10(8-13(21)26-14)17(23)16(22)27-15-12(20)9-25-18(15,17)24/h2,10-15,19-21,23-24H,1,3-9H2. The maximum atomic E-state index is 12.4. The highest BCUT2D eigenvalue weighted by molar-refractivity contribution is 5.84. The van der Waals surface area contributed by atoms with E-state index in [0.717, 1.165) is 19.3 Å². The van der Waals surface area contributed by atoms with Crippen molar-refractivity contribution in [1.29, 1.82) is 0 Å². The van der Waals surface area contributed by atoms with Gasteiger partial charge in [-0.2, -0.15) is 0 Å². The summed E-state index contributed by atoms with van der Waals surface area (Å²) in [5, 5.41) is 52.2. The van der Waals surface area contributed by atoms with Gasteiger partial charge in [0.25, 0.3) is 0 Å². The van der Waals surface area contributed by atoms with E-state index in [2.05, 4.69) is 6.58 Å². The van der Waals surface area contributed by atoms with E-state index in [1.165, 1.54) is 0 Å². The largest absolute Gasteiger partial charge is 0.451 e. The zero-order valence-corrected chi connectivity index (χ0v) is 15.1. The van der Waals surface area contributed by atoms with Crippen molar-refractivity contribution >= 4 is 5.97 Å². The minimum absolute atomic E-state index is 0.196. The van der Waals surface area contributed by atoms with Gasteiger partial charge in [0.2, 0.25) is 11.4 Å². The molecule has 3 saturated heterocycles. The molecule has 9 heteroatoms. The van der Waals surface area contributed by atoms with Crippen LogP contribution in [0.3, 0.4) is 0 Å². The second-order valence-electron chi connectivity index (χ2n) is 7.56. The number of hydrogen-bond donors (Lipinski definition) is 5. The number of aliphatic hydroxyl groups excluding tert-OH is 3. The van der Waals surface area contributed by atoms with E-state index < -0.39 is 54.0 Å². The zero-order chi connectivity index (χ0) is 19.8. The van der Waals surface area contributed by atoms with E-state index in [9.17, 15) is 30.3 Å². The van der Waals surface area contributed by atoms with Crippen LogP contribution in [0.5, 0.6) is 0 Å². The van der Waals surface area contributed by atoms with Gasteiger partial charge in [-0.25, -0.2) is 4.79 Å². The fourth-order valence-corrected chi connectivity index (χ4v) is 4.33. The van der Waals surface area contributed by atoms with Crippen molar-refractivity contribution in [3.8, 4) is 0 Å². The second kappa shape index (κ2) is 7.75. The quantitative estimate of drug-likeness (QED) is 0.200. The van der Waals surface area contributed by atoms with Gasteiger partial charge in [-0.15, -0.1) is 6.58 Å². The van der Waals surface area contributed by atoms with Gasteiger partial charge in [0.15, 0.2) is 12.4 Å². The molecule has 8 unspecified atom stereocenters. The maximum absolute atomic E-state index is 12.4. The van der Waals surface area contributed by atoms with Crippen LogP contribution in [0, 0.1) is 5.92 Å². The number of allylic oxidation sites excluding steroid dienone is 1. The molecule has 3 aliphatic rings. The molecule has 0 aromatic carbocycles. The molecule has 3 heterocycles. The molecule has 0 saturated carbocycles. The summed E-state index contributed by atoms with van der Waals surface area (Å²) in [7, 11) is 0. The summed E-state index contributed by atoms with van der Waals surface area (Å²) in [4.78, 5) is 12.4. The van der Waals surface area contributed by atoms with Crippen LogP contribution in [-0.4, -0.2) is 80.2 Å². The van der Waals surface area contributed by atoms with E-state index in [-0.39, 0.29) is 13.0 Å². The van der Waals surface area contributed by atoms with E-state index in [4.69, 9.17) is 14.2 Å². The van der Waals surface area contributed by atoms with Crippen LogP contribution in [0.15, 0.2) is 12.7 Å². The third kappa shape index (κ3) is 3.31. The highest BCUT2D eigenvalue weighted by atomic mass is 16.7. The van der Waals surface area contributed by atoms with Crippen LogP contribution in [0.25, 0.3) is 0 Å². The molecule has 0 aliphatic carbocycles. The van der Waals surface area contributed by atoms with Gasteiger partial charge in [-0.1, -0.05) is 18.9 Å². The van der Waals surface area contributed by atoms with Crippen LogP contribution in [-0.2, 0) is 19.0 Å². The molecule has 3 fully saturated rings.